The zero-order valence-corrected chi connectivity index (χ0v) is 5.05. The summed E-state index contributed by atoms with van der Waals surface area (Å²) in [7, 11) is 7.31. The Hall–Kier alpha value is -0.725. The summed E-state index contributed by atoms with van der Waals surface area (Å²) in [4.78, 5) is 0. The molecule has 1 heterocycles. The molecule has 0 amide bonds. The predicted molar refractivity (Wildman–Crippen MR) is 33.3 cm³/mol. The molecule has 1 aromatic heterocycles. The smallest absolute Gasteiger partial charge is 0.118 e. The molecule has 3 heteroatoms. The van der Waals surface area contributed by atoms with Gasteiger partial charge in [0.2, 0.25) is 0 Å². The molecule has 0 atom stereocenters. The highest BCUT2D eigenvalue weighted by Crippen LogP contribution is 1.82. The fourth-order valence-corrected chi connectivity index (χ4v) is 0.618. The van der Waals surface area contributed by atoms with E-state index in [1.165, 1.54) is 0 Å². The largest absolute Gasteiger partial charge is 0.276 e. The quantitative estimate of drug-likeness (QED) is 0.408. The van der Waals surface area contributed by atoms with Gasteiger partial charge in [0, 0.05) is 13.2 Å². The van der Waals surface area contributed by atoms with Crippen LogP contribution in [-0.4, -0.2) is 17.6 Å². The Morgan fingerprint density at radius 2 is 2.38 bits per heavy atom. The Morgan fingerprint density at radius 3 is 2.50 bits per heavy atom. The summed E-state index contributed by atoms with van der Waals surface area (Å²) in [5, 5.41) is 4.00. The van der Waals surface area contributed by atoms with E-state index in [1.54, 1.807) is 10.9 Å². The fraction of sp³-hybridized carbons (Fsp3) is 0.400. The molecule has 40 valence electrons. The maximum absolute atomic E-state index is 5.46. The first-order valence-corrected chi connectivity index (χ1v) is 2.46. The van der Waals surface area contributed by atoms with Gasteiger partial charge in [0.15, 0.2) is 0 Å². The lowest BCUT2D eigenvalue weighted by molar-refractivity contribution is 0.756. The molecule has 0 aliphatic heterocycles. The van der Waals surface area contributed by atoms with Gasteiger partial charge in [-0.3, -0.25) is 4.68 Å². The lowest BCUT2D eigenvalue weighted by Gasteiger charge is -1.80. The molecule has 0 N–H and O–H groups in total. The van der Waals surface area contributed by atoms with Crippen molar-refractivity contribution >= 4 is 13.3 Å². The molecule has 0 saturated carbocycles. The number of rotatable bonds is 0. The highest BCUT2D eigenvalue weighted by molar-refractivity contribution is 6.32. The van der Waals surface area contributed by atoms with E-state index in [1.807, 2.05) is 14.0 Å². The van der Waals surface area contributed by atoms with Gasteiger partial charge < -0.3 is 0 Å². The van der Waals surface area contributed by atoms with Crippen molar-refractivity contribution in [3.05, 3.63) is 11.9 Å². The van der Waals surface area contributed by atoms with Crippen molar-refractivity contribution in [1.29, 1.82) is 0 Å². The van der Waals surface area contributed by atoms with Crippen molar-refractivity contribution in [2.75, 3.05) is 0 Å². The van der Waals surface area contributed by atoms with Crippen molar-refractivity contribution in [3.8, 4) is 0 Å². The van der Waals surface area contributed by atoms with Crippen LogP contribution in [0.1, 0.15) is 5.69 Å². The van der Waals surface area contributed by atoms with Crippen molar-refractivity contribution < 1.29 is 0 Å². The van der Waals surface area contributed by atoms with Crippen LogP contribution >= 0.6 is 0 Å². The topological polar surface area (TPSA) is 17.8 Å². The predicted octanol–water partition coefficient (Wildman–Crippen LogP) is -0.478. The van der Waals surface area contributed by atoms with Crippen LogP contribution in [0.4, 0.5) is 0 Å². The van der Waals surface area contributed by atoms with Gasteiger partial charge >= 0.3 is 0 Å². The summed E-state index contributed by atoms with van der Waals surface area (Å²) in [5.74, 6) is 0. The van der Waals surface area contributed by atoms with Crippen LogP contribution in [0.3, 0.4) is 0 Å². The summed E-state index contributed by atoms with van der Waals surface area (Å²) in [5.41, 5.74) is 1.65. The van der Waals surface area contributed by atoms with Gasteiger partial charge in [-0.05, 0) is 6.92 Å². The molecule has 0 aromatic carbocycles. The molecule has 1 rings (SSSR count). The lowest BCUT2D eigenvalue weighted by Crippen LogP contribution is -2.00. The Morgan fingerprint density at radius 1 is 1.75 bits per heavy atom. The molecule has 0 aliphatic carbocycles. The van der Waals surface area contributed by atoms with E-state index in [2.05, 4.69) is 5.10 Å². The molecule has 2 radical (unpaired) electrons. The maximum atomic E-state index is 5.46. The van der Waals surface area contributed by atoms with Gasteiger partial charge in [-0.1, -0.05) is 5.46 Å². The molecule has 0 spiro atoms. The minimum absolute atomic E-state index is 0.757. The molecular formula is C5H7BN2. The van der Waals surface area contributed by atoms with Crippen LogP contribution in [0, 0.1) is 6.92 Å². The minimum Gasteiger partial charge on any atom is -0.276 e. The Bertz CT molecular complexity index is 173. The fourth-order valence-electron chi connectivity index (χ4n) is 0.618. The third kappa shape index (κ3) is 0.758. The zero-order chi connectivity index (χ0) is 6.15. The summed E-state index contributed by atoms with van der Waals surface area (Å²) < 4.78 is 1.70. The van der Waals surface area contributed by atoms with E-state index in [-0.39, 0.29) is 0 Å². The highest BCUT2D eigenvalue weighted by Gasteiger charge is 1.92. The normalized spacial score (nSPS) is 9.75. The third-order valence-electron chi connectivity index (χ3n) is 1.05. The Labute approximate surface area is 49.9 Å². The van der Waals surface area contributed by atoms with E-state index < -0.39 is 0 Å². The average Bonchev–Trinajstić information content (AvgIpc) is 1.85. The third-order valence-corrected chi connectivity index (χ3v) is 1.05. The highest BCUT2D eigenvalue weighted by atomic mass is 15.2. The van der Waals surface area contributed by atoms with Gasteiger partial charge in [-0.2, -0.15) is 5.10 Å². The second kappa shape index (κ2) is 1.65. The molecular weight excluding hydrogens is 98.9 g/mol. The molecule has 0 aliphatic rings. The second-order valence-electron chi connectivity index (χ2n) is 1.84. The first-order valence-electron chi connectivity index (χ1n) is 2.46. The molecule has 0 bridgehead atoms. The Balaban J connectivity index is 3.14. The molecule has 0 fully saturated rings. The zero-order valence-electron chi connectivity index (χ0n) is 5.05. The standard InChI is InChI=1S/C5H7BN2/c1-4-5(6)3-8(2)7-4/h3H,1-2H3. The summed E-state index contributed by atoms with van der Waals surface area (Å²) in [6.45, 7) is 1.88. The van der Waals surface area contributed by atoms with Crippen LogP contribution in [-0.2, 0) is 7.05 Å². The monoisotopic (exact) mass is 106 g/mol. The van der Waals surface area contributed by atoms with Crippen LogP contribution < -0.4 is 5.46 Å². The maximum Gasteiger partial charge on any atom is 0.118 e. The van der Waals surface area contributed by atoms with Crippen molar-refractivity contribution in [3.63, 3.8) is 0 Å². The summed E-state index contributed by atoms with van der Waals surface area (Å²) >= 11 is 0. The summed E-state index contributed by atoms with van der Waals surface area (Å²) in [6, 6.07) is 0. The van der Waals surface area contributed by atoms with Crippen LogP contribution in [0.15, 0.2) is 6.20 Å². The van der Waals surface area contributed by atoms with Crippen molar-refractivity contribution in [2.24, 2.45) is 7.05 Å². The first-order chi connectivity index (χ1) is 3.70. The number of aromatic nitrogens is 2. The van der Waals surface area contributed by atoms with Crippen molar-refractivity contribution in [1.82, 2.24) is 9.78 Å². The van der Waals surface area contributed by atoms with Gasteiger partial charge in [0.1, 0.15) is 7.85 Å². The van der Waals surface area contributed by atoms with Gasteiger partial charge in [-0.15, -0.1) is 0 Å². The number of aryl methyl sites for hydroxylation is 2. The van der Waals surface area contributed by atoms with E-state index >= 15 is 0 Å². The number of nitrogens with zero attached hydrogens (tertiary/aromatic N) is 2. The van der Waals surface area contributed by atoms with Crippen LogP contribution in [0.5, 0.6) is 0 Å². The second-order valence-corrected chi connectivity index (χ2v) is 1.84. The number of hydrogen-bond donors (Lipinski definition) is 0. The summed E-state index contributed by atoms with van der Waals surface area (Å²) in [6.07, 6.45) is 1.79. The van der Waals surface area contributed by atoms with Gasteiger partial charge in [-0.25, -0.2) is 0 Å². The Kier molecular flexibility index (Phi) is 1.12. The molecule has 0 unspecified atom stereocenters. The van der Waals surface area contributed by atoms with E-state index in [4.69, 9.17) is 7.85 Å². The van der Waals surface area contributed by atoms with Gasteiger partial charge in [0.25, 0.3) is 0 Å². The lowest BCUT2D eigenvalue weighted by atomic mass is 9.98. The van der Waals surface area contributed by atoms with Crippen LogP contribution in [0.25, 0.3) is 0 Å². The molecule has 1 aromatic rings. The molecule has 8 heavy (non-hydrogen) atoms. The molecule has 2 nitrogen and oxygen atoms in total. The average molecular weight is 106 g/mol. The van der Waals surface area contributed by atoms with Crippen molar-refractivity contribution in [2.45, 2.75) is 6.92 Å². The molecule has 0 saturated heterocycles. The van der Waals surface area contributed by atoms with Crippen LogP contribution in [0.2, 0.25) is 0 Å². The van der Waals surface area contributed by atoms with Gasteiger partial charge in [0.05, 0.1) is 5.69 Å². The van der Waals surface area contributed by atoms with E-state index in [9.17, 15) is 0 Å². The SMILES string of the molecule is [B]c1cn(C)nc1C. The number of hydrogen-bond acceptors (Lipinski definition) is 1. The first kappa shape index (κ1) is 5.41. The van der Waals surface area contributed by atoms with E-state index in [0.29, 0.717) is 0 Å². The minimum atomic E-state index is 0.757. The van der Waals surface area contributed by atoms with E-state index in [0.717, 1.165) is 11.2 Å².